The van der Waals surface area contributed by atoms with Gasteiger partial charge in [0.15, 0.2) is 0 Å². The third-order valence-corrected chi connectivity index (χ3v) is 4.77. The van der Waals surface area contributed by atoms with Crippen LogP contribution in [0.25, 0.3) is 0 Å². The molecule has 0 radical (unpaired) electrons. The number of hydrogen-bond donors (Lipinski definition) is 1. The number of thioether (sulfide) groups is 1. The maximum atomic E-state index is 9.07. The van der Waals surface area contributed by atoms with Gasteiger partial charge in [0.2, 0.25) is 0 Å². The third-order valence-electron chi connectivity index (χ3n) is 3.18. The fourth-order valence-electron chi connectivity index (χ4n) is 2.24. The highest BCUT2D eigenvalue weighted by Gasteiger charge is 2.24. The molecule has 0 amide bonds. The van der Waals surface area contributed by atoms with Crippen LogP contribution in [0.1, 0.15) is 24.8 Å². The Morgan fingerprint density at radius 3 is 2.94 bits per heavy atom. The third kappa shape index (κ3) is 3.17. The molecular formula is C13H15BrN2S. The van der Waals surface area contributed by atoms with Crippen LogP contribution in [-0.4, -0.2) is 17.5 Å². The van der Waals surface area contributed by atoms with Gasteiger partial charge in [-0.05, 0) is 43.7 Å². The summed E-state index contributed by atoms with van der Waals surface area (Å²) in [7, 11) is 0. The first kappa shape index (κ1) is 12.8. The van der Waals surface area contributed by atoms with Gasteiger partial charge in [-0.25, -0.2) is 0 Å². The lowest BCUT2D eigenvalue weighted by Crippen LogP contribution is -2.16. The Bertz CT molecular complexity index is 442. The van der Waals surface area contributed by atoms with E-state index in [2.05, 4.69) is 33.6 Å². The summed E-state index contributed by atoms with van der Waals surface area (Å²) in [6.07, 6.45) is 5.84. The molecule has 17 heavy (non-hydrogen) atoms. The summed E-state index contributed by atoms with van der Waals surface area (Å²) in [6, 6.07) is 8.49. The molecule has 2 rings (SSSR count). The molecule has 1 aromatic carbocycles. The van der Waals surface area contributed by atoms with Crippen LogP contribution in [0.4, 0.5) is 5.69 Å². The second-order valence-corrected chi connectivity index (χ2v) is 6.37. The van der Waals surface area contributed by atoms with Gasteiger partial charge in [0.25, 0.3) is 0 Å². The smallest absolute Gasteiger partial charge is 0.101 e. The van der Waals surface area contributed by atoms with Crippen LogP contribution in [0.2, 0.25) is 0 Å². The molecule has 0 saturated heterocycles. The van der Waals surface area contributed by atoms with E-state index in [-0.39, 0.29) is 0 Å². The average molecular weight is 311 g/mol. The predicted octanol–water partition coefficient (Wildman–Crippen LogP) is 4.02. The van der Waals surface area contributed by atoms with Crippen molar-refractivity contribution in [3.63, 3.8) is 0 Å². The van der Waals surface area contributed by atoms with Gasteiger partial charge in [-0.1, -0.05) is 15.9 Å². The number of benzene rings is 1. The Morgan fingerprint density at radius 1 is 1.47 bits per heavy atom. The van der Waals surface area contributed by atoms with E-state index in [4.69, 9.17) is 5.26 Å². The van der Waals surface area contributed by atoms with Crippen molar-refractivity contribution >= 4 is 33.4 Å². The van der Waals surface area contributed by atoms with Gasteiger partial charge in [-0.2, -0.15) is 17.0 Å². The molecule has 1 fully saturated rings. The first-order valence-electron chi connectivity index (χ1n) is 5.72. The minimum atomic E-state index is 0.508. The van der Waals surface area contributed by atoms with Crippen molar-refractivity contribution in [2.75, 3.05) is 11.6 Å². The number of nitrogens with zero attached hydrogens (tertiary/aromatic N) is 1. The van der Waals surface area contributed by atoms with E-state index in [9.17, 15) is 0 Å². The molecule has 1 aliphatic rings. The lowest BCUT2D eigenvalue weighted by Gasteiger charge is -2.15. The Balaban J connectivity index is 2.09. The van der Waals surface area contributed by atoms with E-state index in [1.165, 1.54) is 19.3 Å². The van der Waals surface area contributed by atoms with Crippen molar-refractivity contribution in [1.29, 1.82) is 5.26 Å². The fraction of sp³-hybridized carbons (Fsp3) is 0.462. The molecule has 90 valence electrons. The van der Waals surface area contributed by atoms with Gasteiger partial charge in [0, 0.05) is 15.8 Å². The molecule has 1 saturated carbocycles. The Kier molecular flexibility index (Phi) is 4.36. The number of hydrogen-bond acceptors (Lipinski definition) is 3. The largest absolute Gasteiger partial charge is 0.381 e. The molecule has 1 N–H and O–H groups in total. The van der Waals surface area contributed by atoms with Gasteiger partial charge < -0.3 is 5.32 Å². The zero-order chi connectivity index (χ0) is 12.3. The van der Waals surface area contributed by atoms with Crippen molar-refractivity contribution in [2.45, 2.75) is 30.6 Å². The number of anilines is 1. The van der Waals surface area contributed by atoms with E-state index < -0.39 is 0 Å². The lowest BCUT2D eigenvalue weighted by molar-refractivity contribution is 0.756. The molecule has 2 nitrogen and oxygen atoms in total. The quantitative estimate of drug-likeness (QED) is 0.916. The number of halogens is 1. The zero-order valence-electron chi connectivity index (χ0n) is 9.74. The van der Waals surface area contributed by atoms with Crippen molar-refractivity contribution in [1.82, 2.24) is 0 Å². The topological polar surface area (TPSA) is 35.8 Å². The predicted molar refractivity (Wildman–Crippen MR) is 77.4 cm³/mol. The minimum Gasteiger partial charge on any atom is -0.381 e. The summed E-state index contributed by atoms with van der Waals surface area (Å²) >= 11 is 5.39. The minimum absolute atomic E-state index is 0.508. The van der Waals surface area contributed by atoms with Crippen LogP contribution in [0.3, 0.4) is 0 Å². The molecule has 0 aliphatic heterocycles. The van der Waals surface area contributed by atoms with E-state index in [0.717, 1.165) is 21.0 Å². The Hall–Kier alpha value is -0.660. The van der Waals surface area contributed by atoms with Crippen LogP contribution in [0.5, 0.6) is 0 Å². The van der Waals surface area contributed by atoms with Crippen LogP contribution in [0, 0.1) is 11.3 Å². The molecule has 1 aliphatic carbocycles. The monoisotopic (exact) mass is 310 g/mol. The van der Waals surface area contributed by atoms with Crippen molar-refractivity contribution in [3.05, 3.63) is 28.2 Å². The maximum absolute atomic E-state index is 9.07. The summed E-state index contributed by atoms with van der Waals surface area (Å²) in [5.41, 5.74) is 1.68. The number of nitrogens with one attached hydrogen (secondary N) is 1. The molecule has 4 heteroatoms. The fourth-order valence-corrected chi connectivity index (χ4v) is 3.40. The molecule has 0 aromatic heterocycles. The summed E-state index contributed by atoms with van der Waals surface area (Å²) in [5.74, 6) is 0. The van der Waals surface area contributed by atoms with Gasteiger partial charge in [0.1, 0.15) is 6.07 Å². The molecular weight excluding hydrogens is 296 g/mol. The molecule has 0 spiro atoms. The van der Waals surface area contributed by atoms with Crippen molar-refractivity contribution in [2.24, 2.45) is 0 Å². The molecule has 2 unspecified atom stereocenters. The van der Waals surface area contributed by atoms with E-state index >= 15 is 0 Å². The van der Waals surface area contributed by atoms with E-state index in [0.29, 0.717) is 6.04 Å². The number of rotatable bonds is 3. The average Bonchev–Trinajstić information content (AvgIpc) is 2.77. The summed E-state index contributed by atoms with van der Waals surface area (Å²) < 4.78 is 1.01. The molecule has 0 bridgehead atoms. The van der Waals surface area contributed by atoms with Crippen LogP contribution in [0.15, 0.2) is 22.7 Å². The van der Waals surface area contributed by atoms with Gasteiger partial charge in [-0.15, -0.1) is 0 Å². The highest BCUT2D eigenvalue weighted by molar-refractivity contribution is 9.10. The van der Waals surface area contributed by atoms with Crippen molar-refractivity contribution < 1.29 is 0 Å². The molecule has 0 heterocycles. The summed E-state index contributed by atoms with van der Waals surface area (Å²) in [4.78, 5) is 0. The van der Waals surface area contributed by atoms with Crippen LogP contribution >= 0.6 is 27.7 Å². The van der Waals surface area contributed by atoms with Gasteiger partial charge in [0.05, 0.1) is 11.3 Å². The van der Waals surface area contributed by atoms with E-state index in [1.54, 1.807) is 0 Å². The van der Waals surface area contributed by atoms with Gasteiger partial charge in [-0.3, -0.25) is 0 Å². The number of nitriles is 1. The Morgan fingerprint density at radius 2 is 2.29 bits per heavy atom. The molecule has 2 atom stereocenters. The second kappa shape index (κ2) is 5.79. The van der Waals surface area contributed by atoms with Crippen molar-refractivity contribution in [3.8, 4) is 6.07 Å². The van der Waals surface area contributed by atoms with Crippen LogP contribution < -0.4 is 5.32 Å². The second-order valence-electron chi connectivity index (χ2n) is 4.31. The maximum Gasteiger partial charge on any atom is 0.101 e. The molecule has 1 aromatic rings. The first-order valence-corrected chi connectivity index (χ1v) is 7.80. The SMILES string of the molecule is CSC1CCC(Nc2cc(Br)ccc2C#N)C1. The standard InChI is InChI=1S/C13H15BrN2S/c1-17-12-5-4-11(7-12)16-13-6-10(14)3-2-9(13)8-15/h2-3,6,11-12,16H,4-5,7H2,1H3. The van der Waals surface area contributed by atoms with E-state index in [1.807, 2.05) is 30.0 Å². The highest BCUT2D eigenvalue weighted by atomic mass is 79.9. The highest BCUT2D eigenvalue weighted by Crippen LogP contribution is 2.31. The van der Waals surface area contributed by atoms with Gasteiger partial charge >= 0.3 is 0 Å². The summed E-state index contributed by atoms with van der Waals surface area (Å²) in [6.45, 7) is 0. The van der Waals surface area contributed by atoms with Crippen LogP contribution in [-0.2, 0) is 0 Å². The lowest BCUT2D eigenvalue weighted by atomic mass is 10.1. The zero-order valence-corrected chi connectivity index (χ0v) is 12.1. The first-order chi connectivity index (χ1) is 8.22. The summed E-state index contributed by atoms with van der Waals surface area (Å²) in [5, 5.41) is 13.3. The normalized spacial score (nSPS) is 23.4. The Labute approximate surface area is 115 Å².